The van der Waals surface area contributed by atoms with Gasteiger partial charge in [-0.25, -0.2) is 23.1 Å². The van der Waals surface area contributed by atoms with Crippen molar-refractivity contribution in [3.05, 3.63) is 52.5 Å². The van der Waals surface area contributed by atoms with Gasteiger partial charge < -0.3 is 19.7 Å². The minimum absolute atomic E-state index is 0.122. The van der Waals surface area contributed by atoms with Gasteiger partial charge in [-0.05, 0) is 27.0 Å². The van der Waals surface area contributed by atoms with Crippen molar-refractivity contribution in [2.45, 2.75) is 32.9 Å². The van der Waals surface area contributed by atoms with E-state index in [9.17, 15) is 13.2 Å². The van der Waals surface area contributed by atoms with Gasteiger partial charge in [-0.1, -0.05) is 18.2 Å². The van der Waals surface area contributed by atoms with E-state index in [4.69, 9.17) is 9.98 Å². The van der Waals surface area contributed by atoms with Crippen LogP contribution < -0.4 is 15.7 Å². The fourth-order valence-electron chi connectivity index (χ4n) is 4.73. The number of nitrogens with one attached hydrogen (secondary N) is 1. The topological polar surface area (TPSA) is 61.6 Å². The molecule has 1 saturated heterocycles. The highest BCUT2D eigenvalue weighted by atomic mass is 19.3. The van der Waals surface area contributed by atoms with Gasteiger partial charge in [0.2, 0.25) is 0 Å². The Morgan fingerprint density at radius 2 is 1.79 bits per heavy atom. The lowest BCUT2D eigenvalue weighted by molar-refractivity contribution is 0.146. The molecule has 34 heavy (non-hydrogen) atoms. The number of hydrogen-bond acceptors (Lipinski definition) is 6. The Labute approximate surface area is 196 Å². The van der Waals surface area contributed by atoms with Gasteiger partial charge >= 0.3 is 0 Å². The molecule has 4 aliphatic heterocycles. The van der Waals surface area contributed by atoms with Gasteiger partial charge in [0.1, 0.15) is 23.3 Å². The number of aryl methyl sites for hydroxylation is 1. The van der Waals surface area contributed by atoms with Crippen LogP contribution in [0.25, 0.3) is 11.4 Å². The minimum Gasteiger partial charge on any atom is -0.368 e. The number of benzene rings is 1. The molecule has 4 aliphatic rings. The number of hydrogen-bond donors (Lipinski definition) is 1. The SMILES string of the molecule is Cc1nc2n3c(c(N4CCN(C)CC4)cc-2c(=NC(C)c2cccc(C(F)F)c2F)n1)NCC3. The third kappa shape index (κ3) is 4.00. The first-order chi connectivity index (χ1) is 16.3. The van der Waals surface area contributed by atoms with Crippen LogP contribution in [-0.4, -0.2) is 59.2 Å². The number of nitrogens with zero attached hydrogens (tertiary/aromatic N) is 6. The molecule has 10 heteroatoms. The number of fused-ring (bicyclic) bond motifs is 3. The Morgan fingerprint density at radius 3 is 2.53 bits per heavy atom. The molecule has 5 rings (SSSR count). The van der Waals surface area contributed by atoms with E-state index < -0.39 is 23.8 Å². The number of piperazine rings is 1. The van der Waals surface area contributed by atoms with Crippen LogP contribution in [0.5, 0.6) is 0 Å². The van der Waals surface area contributed by atoms with Crippen LogP contribution in [0.1, 0.15) is 36.3 Å². The highest BCUT2D eigenvalue weighted by Crippen LogP contribution is 2.36. The van der Waals surface area contributed by atoms with E-state index in [1.54, 1.807) is 13.8 Å². The zero-order valence-electron chi connectivity index (χ0n) is 19.5. The fraction of sp³-hybridized carbons (Fsp3) is 0.458. The summed E-state index contributed by atoms with van der Waals surface area (Å²) in [6.45, 7) is 8.80. The number of anilines is 2. The van der Waals surface area contributed by atoms with Crippen molar-refractivity contribution in [2.24, 2.45) is 4.99 Å². The summed E-state index contributed by atoms with van der Waals surface area (Å²) in [6.07, 6.45) is -2.88. The van der Waals surface area contributed by atoms with Gasteiger partial charge in [0.15, 0.2) is 5.49 Å². The Kier molecular flexibility index (Phi) is 5.93. The smallest absolute Gasteiger partial charge is 0.266 e. The molecule has 1 aromatic rings. The van der Waals surface area contributed by atoms with Crippen molar-refractivity contribution in [1.29, 1.82) is 0 Å². The highest BCUT2D eigenvalue weighted by Gasteiger charge is 2.27. The standard InChI is InChI=1S/C24H28F3N7/c1-14(16-5-4-6-17(20(16)25)21(26)27)29-22-18-13-19(33-11-9-32(3)10-12-33)24-28-7-8-34(24)23(18)31-15(2)30-22/h4-6,13-14,21,28H,7-12H2,1-3H3. The summed E-state index contributed by atoms with van der Waals surface area (Å²) < 4.78 is 43.4. The van der Waals surface area contributed by atoms with Crippen molar-refractivity contribution >= 4 is 11.5 Å². The summed E-state index contributed by atoms with van der Waals surface area (Å²) in [5.41, 5.74) is 1.79. The Morgan fingerprint density at radius 1 is 1.06 bits per heavy atom. The number of likely N-dealkylation sites (N-methyl/N-ethyl adjacent to an activating group) is 1. The molecular formula is C24H28F3N7. The predicted octanol–water partition coefficient (Wildman–Crippen LogP) is 3.61. The lowest BCUT2D eigenvalue weighted by atomic mass is 10.0. The van der Waals surface area contributed by atoms with Crippen molar-refractivity contribution in [3.8, 4) is 11.4 Å². The molecule has 0 aromatic heterocycles. The molecule has 0 amide bonds. The van der Waals surface area contributed by atoms with Gasteiger partial charge in [0.05, 0.1) is 22.9 Å². The van der Waals surface area contributed by atoms with Crippen molar-refractivity contribution in [2.75, 3.05) is 50.0 Å². The third-order valence-electron chi connectivity index (χ3n) is 6.60. The number of rotatable bonds is 4. The van der Waals surface area contributed by atoms with Crippen LogP contribution in [0, 0.1) is 12.7 Å². The second-order valence-corrected chi connectivity index (χ2v) is 8.93. The molecule has 4 heterocycles. The second kappa shape index (κ2) is 8.90. The molecule has 0 radical (unpaired) electrons. The first kappa shape index (κ1) is 22.6. The Hall–Kier alpha value is -3.14. The van der Waals surface area contributed by atoms with E-state index in [1.807, 2.05) is 0 Å². The molecule has 7 nitrogen and oxygen atoms in total. The first-order valence-corrected chi connectivity index (χ1v) is 11.5. The van der Waals surface area contributed by atoms with E-state index in [-0.39, 0.29) is 5.56 Å². The molecule has 0 bridgehead atoms. The Balaban J connectivity index is 1.65. The maximum Gasteiger partial charge on any atom is 0.266 e. The molecule has 0 spiro atoms. The molecular weight excluding hydrogens is 443 g/mol. The van der Waals surface area contributed by atoms with Gasteiger partial charge in [0.25, 0.3) is 6.43 Å². The summed E-state index contributed by atoms with van der Waals surface area (Å²) in [4.78, 5) is 18.6. The van der Waals surface area contributed by atoms with E-state index in [2.05, 4.69) is 37.8 Å². The number of pyridine rings is 1. The number of alkyl halides is 2. The molecule has 1 N–H and O–H groups in total. The average Bonchev–Trinajstić information content (AvgIpc) is 3.29. The zero-order chi connectivity index (χ0) is 24.0. The van der Waals surface area contributed by atoms with Crippen molar-refractivity contribution in [3.63, 3.8) is 0 Å². The maximum atomic E-state index is 14.8. The maximum absolute atomic E-state index is 14.8. The third-order valence-corrected chi connectivity index (χ3v) is 6.60. The molecule has 180 valence electrons. The quantitative estimate of drug-likeness (QED) is 0.630. The molecule has 1 fully saturated rings. The van der Waals surface area contributed by atoms with Crippen LogP contribution in [-0.2, 0) is 6.54 Å². The van der Waals surface area contributed by atoms with E-state index in [1.165, 1.54) is 12.1 Å². The summed E-state index contributed by atoms with van der Waals surface area (Å²) in [5, 5.41) is 3.50. The lowest BCUT2D eigenvalue weighted by Gasteiger charge is -2.35. The van der Waals surface area contributed by atoms with Crippen LogP contribution in [0.15, 0.2) is 29.3 Å². The summed E-state index contributed by atoms with van der Waals surface area (Å²) >= 11 is 0. The molecule has 1 atom stereocenters. The van der Waals surface area contributed by atoms with E-state index >= 15 is 0 Å². The van der Waals surface area contributed by atoms with Crippen LogP contribution in [0.3, 0.4) is 0 Å². The largest absolute Gasteiger partial charge is 0.368 e. The summed E-state index contributed by atoms with van der Waals surface area (Å²) in [5.74, 6) is 1.43. The van der Waals surface area contributed by atoms with Gasteiger partial charge in [-0.15, -0.1) is 0 Å². The second-order valence-electron chi connectivity index (χ2n) is 8.93. The van der Waals surface area contributed by atoms with Gasteiger partial charge in [0, 0.05) is 44.8 Å². The summed E-state index contributed by atoms with van der Waals surface area (Å²) in [7, 11) is 2.12. The zero-order valence-corrected chi connectivity index (χ0v) is 19.5. The number of aromatic nitrogens is 3. The number of halogens is 3. The highest BCUT2D eigenvalue weighted by molar-refractivity contribution is 5.77. The van der Waals surface area contributed by atoms with Crippen LogP contribution in [0.4, 0.5) is 24.7 Å². The molecule has 0 saturated carbocycles. The monoisotopic (exact) mass is 471 g/mol. The van der Waals surface area contributed by atoms with Crippen LogP contribution >= 0.6 is 0 Å². The van der Waals surface area contributed by atoms with Crippen LogP contribution in [0.2, 0.25) is 0 Å². The predicted molar refractivity (Wildman–Crippen MR) is 125 cm³/mol. The first-order valence-electron chi connectivity index (χ1n) is 11.5. The van der Waals surface area contributed by atoms with E-state index in [0.717, 1.165) is 68.2 Å². The molecule has 1 unspecified atom stereocenters. The van der Waals surface area contributed by atoms with E-state index in [0.29, 0.717) is 11.3 Å². The molecule has 1 aromatic carbocycles. The van der Waals surface area contributed by atoms with Gasteiger partial charge in [-0.3, -0.25) is 4.99 Å². The van der Waals surface area contributed by atoms with Crippen molar-refractivity contribution < 1.29 is 13.2 Å². The minimum atomic E-state index is -2.88. The summed E-state index contributed by atoms with van der Waals surface area (Å²) in [6, 6.07) is 5.41. The Bertz CT molecular complexity index is 1250. The molecule has 0 aliphatic carbocycles. The van der Waals surface area contributed by atoms with Crippen molar-refractivity contribution in [1.82, 2.24) is 19.4 Å². The van der Waals surface area contributed by atoms with Gasteiger partial charge in [-0.2, -0.15) is 0 Å². The normalized spacial score (nSPS) is 18.0. The average molecular weight is 472 g/mol. The lowest BCUT2D eigenvalue weighted by Crippen LogP contribution is -2.45. The fourth-order valence-corrected chi connectivity index (χ4v) is 4.73.